The summed E-state index contributed by atoms with van der Waals surface area (Å²) in [4.78, 5) is 49.7. The maximum atomic E-state index is 13.8. The summed E-state index contributed by atoms with van der Waals surface area (Å²) in [6, 6.07) is 30.9. The number of rotatable bonds is 9. The molecule has 51 heavy (non-hydrogen) atoms. The summed E-state index contributed by atoms with van der Waals surface area (Å²) in [6.07, 6.45) is 0.245. The number of aromatic nitrogens is 4. The number of aryl methyl sites for hydroxylation is 1. The van der Waals surface area contributed by atoms with Gasteiger partial charge in [-0.25, -0.2) is 24.4 Å². The van der Waals surface area contributed by atoms with Crippen molar-refractivity contribution in [2.24, 2.45) is 7.05 Å². The summed E-state index contributed by atoms with van der Waals surface area (Å²) in [7, 11) is 1.89. The Morgan fingerprint density at radius 2 is 1.33 bits per heavy atom. The Bertz CT molecular complexity index is 2340. The standard InChI is InChI=1S/C39H30N4O8/c1-42-20-19-27-32(42)30-31(28-18-11-21-47-28)40-23-41-35(30)43(27)36-34(51-39(46)26-16-9-4-10-17-26)33(50-38(45)25-14-7-3-8-15-25)29(49-36)22-48-37(44)24-12-5-2-6-13-24/h2-21,23,29,33-34,36H,22H2,1H3/t29-,33-,34-,36-/m1/s1. The number of esters is 3. The van der Waals surface area contributed by atoms with Gasteiger partial charge in [0, 0.05) is 13.2 Å². The van der Waals surface area contributed by atoms with E-state index in [-0.39, 0.29) is 17.7 Å². The normalized spacial score (nSPS) is 18.5. The van der Waals surface area contributed by atoms with Crippen LogP contribution in [-0.4, -0.2) is 61.9 Å². The molecule has 4 aromatic heterocycles. The molecule has 0 saturated carbocycles. The van der Waals surface area contributed by atoms with Crippen LogP contribution in [0.2, 0.25) is 0 Å². The number of ether oxygens (including phenoxy) is 4. The molecule has 0 radical (unpaired) electrons. The van der Waals surface area contributed by atoms with Gasteiger partial charge in [-0.15, -0.1) is 0 Å². The van der Waals surface area contributed by atoms with Crippen molar-refractivity contribution in [2.75, 3.05) is 6.61 Å². The first-order valence-electron chi connectivity index (χ1n) is 16.2. The van der Waals surface area contributed by atoms with Gasteiger partial charge >= 0.3 is 17.9 Å². The van der Waals surface area contributed by atoms with Crippen LogP contribution < -0.4 is 0 Å². The van der Waals surface area contributed by atoms with Gasteiger partial charge in [-0.1, -0.05) is 54.6 Å². The molecule has 0 spiro atoms. The molecule has 1 aliphatic heterocycles. The van der Waals surface area contributed by atoms with E-state index in [2.05, 4.69) is 9.97 Å². The predicted molar refractivity (Wildman–Crippen MR) is 184 cm³/mol. The van der Waals surface area contributed by atoms with Crippen LogP contribution in [0.25, 0.3) is 33.5 Å². The van der Waals surface area contributed by atoms with Crippen LogP contribution in [0.4, 0.5) is 0 Å². The molecule has 4 atom stereocenters. The van der Waals surface area contributed by atoms with E-state index < -0.39 is 42.4 Å². The quantitative estimate of drug-likeness (QED) is 0.124. The van der Waals surface area contributed by atoms with Crippen LogP contribution in [0.5, 0.6) is 0 Å². The number of hydrogen-bond donors (Lipinski definition) is 0. The maximum absolute atomic E-state index is 13.8. The number of nitrogens with zero attached hydrogens (tertiary/aromatic N) is 4. The molecule has 0 aliphatic carbocycles. The molecular weight excluding hydrogens is 652 g/mol. The summed E-state index contributed by atoms with van der Waals surface area (Å²) in [6.45, 7) is -0.319. The fourth-order valence-electron chi connectivity index (χ4n) is 6.43. The van der Waals surface area contributed by atoms with Gasteiger partial charge in [-0.05, 0) is 54.6 Å². The minimum absolute atomic E-state index is 0.279. The molecule has 0 amide bonds. The van der Waals surface area contributed by atoms with Crippen LogP contribution in [0, 0.1) is 0 Å². The maximum Gasteiger partial charge on any atom is 0.338 e. The van der Waals surface area contributed by atoms with Gasteiger partial charge in [0.1, 0.15) is 30.4 Å². The SMILES string of the molecule is Cn1ccc2c1c1c(-c3ccco3)ncnc1n2[C@@H]1O[C@H](COC(=O)c2ccccc2)[C@@H](OC(=O)c2ccccc2)[C@H]1OC(=O)c1ccccc1. The molecule has 1 fully saturated rings. The van der Waals surface area contributed by atoms with E-state index in [1.165, 1.54) is 6.33 Å². The van der Waals surface area contributed by atoms with Gasteiger partial charge < -0.3 is 27.9 Å². The molecule has 12 heteroatoms. The lowest BCUT2D eigenvalue weighted by molar-refractivity contribution is -0.0588. The Balaban J connectivity index is 1.26. The molecule has 254 valence electrons. The zero-order valence-corrected chi connectivity index (χ0v) is 27.2. The van der Waals surface area contributed by atoms with Crippen molar-refractivity contribution in [3.05, 3.63) is 145 Å². The summed E-state index contributed by atoms with van der Waals surface area (Å²) < 4.78 is 34.3. The van der Waals surface area contributed by atoms with Crippen LogP contribution in [0.1, 0.15) is 37.3 Å². The summed E-state index contributed by atoms with van der Waals surface area (Å²) in [5.41, 5.74) is 3.36. The van der Waals surface area contributed by atoms with Gasteiger partial charge in [0.2, 0.25) is 0 Å². The van der Waals surface area contributed by atoms with E-state index in [4.69, 9.17) is 23.4 Å². The number of carbonyl (C=O) groups is 3. The van der Waals surface area contributed by atoms with Gasteiger partial charge in [-0.3, -0.25) is 4.57 Å². The van der Waals surface area contributed by atoms with Gasteiger partial charge in [0.25, 0.3) is 0 Å². The van der Waals surface area contributed by atoms with Crippen molar-refractivity contribution in [3.8, 4) is 11.5 Å². The van der Waals surface area contributed by atoms with Crippen LogP contribution in [-0.2, 0) is 26.0 Å². The van der Waals surface area contributed by atoms with E-state index >= 15 is 0 Å². The highest BCUT2D eigenvalue weighted by Gasteiger charge is 2.52. The summed E-state index contributed by atoms with van der Waals surface area (Å²) >= 11 is 0. The van der Waals surface area contributed by atoms with E-state index in [0.717, 1.165) is 5.52 Å². The topological polar surface area (TPSA) is 137 Å². The lowest BCUT2D eigenvalue weighted by atomic mass is 10.1. The molecular formula is C39H30N4O8. The molecule has 1 aliphatic rings. The molecule has 8 rings (SSSR count). The fraction of sp³-hybridized carbons (Fsp3) is 0.154. The molecule has 0 unspecified atom stereocenters. The van der Waals surface area contributed by atoms with Gasteiger partial charge in [0.15, 0.2) is 24.2 Å². The average Bonchev–Trinajstić information content (AvgIpc) is 3.97. The summed E-state index contributed by atoms with van der Waals surface area (Å²) in [5, 5.41) is 0.670. The number of furan rings is 1. The Kier molecular flexibility index (Phi) is 8.34. The number of carbonyl (C=O) groups excluding carboxylic acids is 3. The highest BCUT2D eigenvalue weighted by molar-refractivity contribution is 6.11. The first kappa shape index (κ1) is 31.7. The van der Waals surface area contributed by atoms with E-state index in [0.29, 0.717) is 33.6 Å². The molecule has 12 nitrogen and oxygen atoms in total. The van der Waals surface area contributed by atoms with Crippen LogP contribution in [0.3, 0.4) is 0 Å². The van der Waals surface area contributed by atoms with Gasteiger partial charge in [-0.2, -0.15) is 0 Å². The van der Waals surface area contributed by atoms with E-state index in [1.54, 1.807) is 114 Å². The zero-order chi connectivity index (χ0) is 34.9. The third-order valence-electron chi connectivity index (χ3n) is 8.79. The molecule has 0 bridgehead atoms. The third-order valence-corrected chi connectivity index (χ3v) is 8.79. The summed E-state index contributed by atoms with van der Waals surface area (Å²) in [5.74, 6) is -1.40. The van der Waals surface area contributed by atoms with E-state index in [9.17, 15) is 14.4 Å². The molecule has 3 aromatic carbocycles. The Labute approximate surface area is 290 Å². The zero-order valence-electron chi connectivity index (χ0n) is 27.2. The Hall–Kier alpha value is -6.53. The smallest absolute Gasteiger partial charge is 0.338 e. The van der Waals surface area contributed by atoms with Crippen molar-refractivity contribution in [2.45, 2.75) is 24.5 Å². The average molecular weight is 683 g/mol. The molecule has 1 saturated heterocycles. The Morgan fingerprint density at radius 1 is 0.725 bits per heavy atom. The lowest BCUT2D eigenvalue weighted by Gasteiger charge is -2.25. The van der Waals surface area contributed by atoms with Crippen molar-refractivity contribution in [3.63, 3.8) is 0 Å². The number of hydrogen-bond acceptors (Lipinski definition) is 10. The van der Waals surface area contributed by atoms with Crippen molar-refractivity contribution in [1.82, 2.24) is 19.1 Å². The van der Waals surface area contributed by atoms with Crippen LogP contribution in [0.15, 0.2) is 132 Å². The first-order valence-corrected chi connectivity index (χ1v) is 16.2. The highest BCUT2D eigenvalue weighted by atomic mass is 16.7. The monoisotopic (exact) mass is 682 g/mol. The fourth-order valence-corrected chi connectivity index (χ4v) is 6.43. The predicted octanol–water partition coefficient (Wildman–Crippen LogP) is 6.39. The van der Waals surface area contributed by atoms with Crippen molar-refractivity contribution < 1.29 is 37.7 Å². The van der Waals surface area contributed by atoms with Crippen molar-refractivity contribution in [1.29, 1.82) is 0 Å². The second kappa shape index (κ2) is 13.4. The Morgan fingerprint density at radius 3 is 1.94 bits per heavy atom. The first-order chi connectivity index (χ1) is 25.0. The number of benzene rings is 3. The third kappa shape index (κ3) is 5.91. The molecule has 7 aromatic rings. The van der Waals surface area contributed by atoms with Crippen molar-refractivity contribution >= 4 is 40.0 Å². The van der Waals surface area contributed by atoms with Gasteiger partial charge in [0.05, 0.1) is 39.4 Å². The van der Waals surface area contributed by atoms with E-state index in [1.807, 2.05) is 23.9 Å². The number of fused-ring (bicyclic) bond motifs is 3. The second-order valence-electron chi connectivity index (χ2n) is 11.9. The minimum atomic E-state index is -1.23. The molecule has 5 heterocycles. The largest absolute Gasteiger partial charge is 0.463 e. The second-order valence-corrected chi connectivity index (χ2v) is 11.9. The molecule has 0 N–H and O–H groups in total. The lowest BCUT2D eigenvalue weighted by Crippen LogP contribution is -2.41. The highest BCUT2D eigenvalue weighted by Crippen LogP contribution is 2.42. The minimum Gasteiger partial charge on any atom is -0.463 e. The van der Waals surface area contributed by atoms with Crippen LogP contribution >= 0.6 is 0 Å².